The standard InChI is InChI=1S/C45H26N2.C44H25N3/c46-27-28-21-30-19-20-31-23-32(24-43-45(31)44(30)42(22-28)47(43)33-13-5-2-6-14-33)39-26-41-36-17-9-7-15-34(36)38(29-11-3-1-4-12-29)25-40(41)37-18-10-8-16-35(37)39;45-25-27-19-28-16-17-29-21-31(22-42-44(29)43(28)41(20-27)47(42)32-10-2-1-3-11-32)38-24-40-35-14-6-4-12-33(35)37(30-9-8-18-46-26-30)23-39(40)36-15-7-5-13-34(36)38/h1-26H;1-24,26H. The Hall–Kier alpha value is -12.9. The quantitative estimate of drug-likeness (QED) is 0.156. The van der Waals surface area contributed by atoms with E-state index in [9.17, 15) is 10.5 Å². The molecule has 0 aliphatic heterocycles. The van der Waals surface area contributed by atoms with Gasteiger partial charge in [0.15, 0.2) is 0 Å². The molecule has 0 unspecified atom stereocenters. The number of hydrogen-bond donors (Lipinski definition) is 0. The van der Waals surface area contributed by atoms with Gasteiger partial charge in [0.25, 0.3) is 0 Å². The lowest BCUT2D eigenvalue weighted by atomic mass is 9.87. The highest BCUT2D eigenvalue weighted by Gasteiger charge is 2.24. The van der Waals surface area contributed by atoms with Crippen molar-refractivity contribution in [1.82, 2.24) is 14.1 Å². The average molecular weight is 1190 g/mol. The van der Waals surface area contributed by atoms with Crippen LogP contribution in [0.15, 0.2) is 310 Å². The van der Waals surface area contributed by atoms with Gasteiger partial charge in [0.2, 0.25) is 0 Å². The van der Waals surface area contributed by atoms with E-state index in [1.165, 1.54) is 136 Å². The smallest absolute Gasteiger partial charge is 0.0992 e. The molecule has 0 atom stereocenters. The first-order valence-electron chi connectivity index (χ1n) is 31.8. The number of hydrogen-bond acceptors (Lipinski definition) is 3. The number of benzene rings is 17. The summed E-state index contributed by atoms with van der Waals surface area (Å²) in [6, 6.07) is 112. The van der Waals surface area contributed by atoms with E-state index in [0.717, 1.165) is 49.8 Å². The molecule has 3 heterocycles. The number of nitrogens with zero attached hydrogens (tertiary/aromatic N) is 5. The van der Waals surface area contributed by atoms with Crippen molar-refractivity contribution in [2.24, 2.45) is 0 Å². The molecule has 94 heavy (non-hydrogen) atoms. The van der Waals surface area contributed by atoms with E-state index in [1.54, 1.807) is 0 Å². The van der Waals surface area contributed by atoms with Gasteiger partial charge in [-0.3, -0.25) is 4.98 Å². The molecule has 0 N–H and O–H groups in total. The molecular weight excluding hydrogens is 1140 g/mol. The minimum Gasteiger partial charge on any atom is -0.309 e. The maximum absolute atomic E-state index is 9.92. The summed E-state index contributed by atoms with van der Waals surface area (Å²) in [5.74, 6) is 0. The molecule has 20 rings (SSSR count). The first-order chi connectivity index (χ1) is 46.5. The molecule has 5 heteroatoms. The lowest BCUT2D eigenvalue weighted by Crippen LogP contribution is -1.94. The number of aromatic nitrogens is 3. The monoisotopic (exact) mass is 1190 g/mol. The maximum atomic E-state index is 9.92. The average Bonchev–Trinajstić information content (AvgIpc) is 1.44. The molecular formula is C89H51N5. The van der Waals surface area contributed by atoms with E-state index in [2.05, 4.69) is 287 Å². The summed E-state index contributed by atoms with van der Waals surface area (Å²) in [6.45, 7) is 0. The van der Waals surface area contributed by atoms with Crippen molar-refractivity contribution < 1.29 is 0 Å². The molecule has 0 aliphatic rings. The molecule has 0 amide bonds. The number of fused-ring (bicyclic) bond motifs is 10. The Kier molecular flexibility index (Phi) is 11.7. The minimum absolute atomic E-state index is 0.666. The highest BCUT2D eigenvalue weighted by atomic mass is 15.0. The third kappa shape index (κ3) is 8.02. The number of para-hydroxylation sites is 2. The van der Waals surface area contributed by atoms with Crippen LogP contribution in [-0.2, 0) is 0 Å². The van der Waals surface area contributed by atoms with Crippen molar-refractivity contribution in [2.75, 3.05) is 0 Å². The van der Waals surface area contributed by atoms with Gasteiger partial charge in [-0.1, -0.05) is 194 Å². The van der Waals surface area contributed by atoms with Crippen molar-refractivity contribution in [2.45, 2.75) is 0 Å². The van der Waals surface area contributed by atoms with Crippen molar-refractivity contribution >= 4 is 130 Å². The fraction of sp³-hybridized carbons (Fsp3) is 0. The zero-order chi connectivity index (χ0) is 62.1. The molecule has 0 fully saturated rings. The van der Waals surface area contributed by atoms with Gasteiger partial charge in [-0.2, -0.15) is 10.5 Å². The topological polar surface area (TPSA) is 70.3 Å². The van der Waals surface area contributed by atoms with Gasteiger partial charge < -0.3 is 9.13 Å². The second kappa shape index (κ2) is 20.8. The molecule has 0 spiro atoms. The van der Waals surface area contributed by atoms with Crippen molar-refractivity contribution in [3.8, 4) is 68.0 Å². The van der Waals surface area contributed by atoms with Gasteiger partial charge in [0, 0.05) is 50.9 Å². The summed E-state index contributed by atoms with van der Waals surface area (Å²) < 4.78 is 4.66. The van der Waals surface area contributed by atoms with E-state index < -0.39 is 0 Å². The second-order valence-electron chi connectivity index (χ2n) is 24.7. The molecule has 0 radical (unpaired) electrons. The molecule has 20 aromatic rings. The van der Waals surface area contributed by atoms with E-state index in [1.807, 2.05) is 48.8 Å². The molecule has 0 saturated heterocycles. The van der Waals surface area contributed by atoms with E-state index in [4.69, 9.17) is 0 Å². The molecule has 17 aromatic carbocycles. The largest absolute Gasteiger partial charge is 0.309 e. The van der Waals surface area contributed by atoms with Gasteiger partial charge in [0.1, 0.15) is 0 Å². The van der Waals surface area contributed by atoms with Gasteiger partial charge in [-0.05, 0) is 228 Å². The fourth-order valence-electron chi connectivity index (χ4n) is 15.7. The van der Waals surface area contributed by atoms with Crippen LogP contribution in [0.3, 0.4) is 0 Å². The van der Waals surface area contributed by atoms with Crippen molar-refractivity contribution in [1.29, 1.82) is 10.5 Å². The summed E-state index contributed by atoms with van der Waals surface area (Å²) in [5, 5.41) is 44.1. The zero-order valence-electron chi connectivity index (χ0n) is 50.7. The molecule has 3 aromatic heterocycles. The van der Waals surface area contributed by atoms with Crippen LogP contribution in [0.4, 0.5) is 0 Å². The van der Waals surface area contributed by atoms with E-state index in [0.29, 0.717) is 11.1 Å². The predicted molar refractivity (Wildman–Crippen MR) is 393 cm³/mol. The Morgan fingerprint density at radius 2 is 0.553 bits per heavy atom. The van der Waals surface area contributed by atoms with Crippen molar-refractivity contribution in [3.05, 3.63) is 321 Å². The molecule has 0 aliphatic carbocycles. The van der Waals surface area contributed by atoms with Crippen LogP contribution in [0.25, 0.3) is 186 Å². The first kappa shape index (κ1) is 53.0. The maximum Gasteiger partial charge on any atom is 0.0992 e. The highest BCUT2D eigenvalue weighted by Crippen LogP contribution is 2.49. The number of nitriles is 2. The number of pyridine rings is 1. The summed E-state index contributed by atoms with van der Waals surface area (Å²) in [6.07, 6.45) is 3.78. The Labute approximate surface area is 540 Å². The SMILES string of the molecule is N#Cc1cc2ccc3cc(-c4cc5c6ccccc6c(-c6ccccc6)cc5c5ccccc45)cc4c3c2c(c1)n4-c1ccccc1.N#Cc1cc2ccc3cc(-c4cc5c6ccccc6c(-c6cccnc6)cc5c5ccccc45)cc4c3c2c(c1)n4-c1ccccc1. The van der Waals surface area contributed by atoms with Gasteiger partial charge >= 0.3 is 0 Å². The van der Waals surface area contributed by atoms with Gasteiger partial charge in [-0.25, -0.2) is 0 Å². The Balaban J connectivity index is 0.000000133. The van der Waals surface area contributed by atoms with Crippen LogP contribution in [0, 0.1) is 22.7 Å². The van der Waals surface area contributed by atoms with E-state index in [-0.39, 0.29) is 0 Å². The predicted octanol–water partition coefficient (Wildman–Crippen LogP) is 23.5. The molecule has 432 valence electrons. The second-order valence-corrected chi connectivity index (χ2v) is 24.7. The van der Waals surface area contributed by atoms with Gasteiger partial charge in [0.05, 0.1) is 45.3 Å². The Morgan fingerprint density at radius 1 is 0.245 bits per heavy atom. The van der Waals surface area contributed by atoms with Crippen LogP contribution in [0.1, 0.15) is 11.1 Å². The molecule has 5 nitrogen and oxygen atoms in total. The lowest BCUT2D eigenvalue weighted by molar-refractivity contribution is 1.18. The van der Waals surface area contributed by atoms with Gasteiger partial charge in [-0.15, -0.1) is 0 Å². The van der Waals surface area contributed by atoms with Crippen LogP contribution in [-0.4, -0.2) is 14.1 Å². The van der Waals surface area contributed by atoms with Crippen LogP contribution < -0.4 is 0 Å². The molecule has 0 bridgehead atoms. The summed E-state index contributed by atoms with van der Waals surface area (Å²) in [5.41, 5.74) is 17.4. The summed E-state index contributed by atoms with van der Waals surface area (Å²) >= 11 is 0. The lowest BCUT2D eigenvalue weighted by Gasteiger charge is -2.17. The Morgan fingerprint density at radius 3 is 0.915 bits per heavy atom. The van der Waals surface area contributed by atoms with Crippen LogP contribution in [0.2, 0.25) is 0 Å². The number of rotatable bonds is 6. The fourth-order valence-corrected chi connectivity index (χ4v) is 15.7. The van der Waals surface area contributed by atoms with Crippen LogP contribution in [0.5, 0.6) is 0 Å². The first-order valence-corrected chi connectivity index (χ1v) is 31.8. The van der Waals surface area contributed by atoms with Crippen LogP contribution >= 0.6 is 0 Å². The Bertz CT molecular complexity index is 6190. The van der Waals surface area contributed by atoms with Crippen molar-refractivity contribution in [3.63, 3.8) is 0 Å². The zero-order valence-corrected chi connectivity index (χ0v) is 50.7. The van der Waals surface area contributed by atoms with E-state index >= 15 is 0 Å². The third-order valence-corrected chi connectivity index (χ3v) is 19.7. The highest BCUT2D eigenvalue weighted by molar-refractivity contribution is 6.30. The summed E-state index contributed by atoms with van der Waals surface area (Å²) in [7, 11) is 0. The molecule has 0 saturated carbocycles. The summed E-state index contributed by atoms with van der Waals surface area (Å²) in [4.78, 5) is 4.44. The normalized spacial score (nSPS) is 11.8. The third-order valence-electron chi connectivity index (χ3n) is 19.7. The minimum atomic E-state index is 0.666.